The molecule has 0 aliphatic heterocycles. The lowest BCUT2D eigenvalue weighted by atomic mass is 10.1. The number of carbonyl (C=O) groups is 2. The Kier molecular flexibility index (Phi) is 7.86. The fourth-order valence-corrected chi connectivity index (χ4v) is 3.70. The quantitative estimate of drug-likeness (QED) is 0.386. The van der Waals surface area contributed by atoms with Crippen molar-refractivity contribution >= 4 is 17.5 Å². The predicted molar refractivity (Wildman–Crippen MR) is 136 cm³/mol. The monoisotopic (exact) mass is 465 g/mol. The molecule has 3 aromatic carbocycles. The van der Waals surface area contributed by atoms with Crippen LogP contribution >= 0.6 is 0 Å². The van der Waals surface area contributed by atoms with Crippen molar-refractivity contribution in [2.45, 2.75) is 19.5 Å². The van der Waals surface area contributed by atoms with E-state index in [1.807, 2.05) is 72.8 Å². The number of hydrogen-bond donors (Lipinski definition) is 1. The summed E-state index contributed by atoms with van der Waals surface area (Å²) in [5.74, 6) is 0.433. The lowest BCUT2D eigenvalue weighted by molar-refractivity contribution is -0.120. The first-order valence-electron chi connectivity index (χ1n) is 11.4. The number of hydrogen-bond acceptors (Lipinski definition) is 4. The summed E-state index contributed by atoms with van der Waals surface area (Å²) in [4.78, 5) is 31.6. The van der Waals surface area contributed by atoms with E-state index in [1.54, 1.807) is 42.6 Å². The number of pyridine rings is 1. The zero-order valence-electron chi connectivity index (χ0n) is 19.6. The molecule has 0 aliphatic carbocycles. The molecule has 4 rings (SSSR count). The summed E-state index contributed by atoms with van der Waals surface area (Å²) in [5.41, 5.74) is 4.18. The van der Waals surface area contributed by atoms with Crippen molar-refractivity contribution in [3.05, 3.63) is 126 Å². The van der Waals surface area contributed by atoms with Gasteiger partial charge in [-0.25, -0.2) is 0 Å². The second-order valence-corrected chi connectivity index (χ2v) is 8.08. The Hall–Kier alpha value is -4.45. The fourth-order valence-electron chi connectivity index (χ4n) is 3.70. The van der Waals surface area contributed by atoms with Crippen LogP contribution in [0.25, 0.3) is 0 Å². The minimum atomic E-state index is -0.129. The van der Waals surface area contributed by atoms with Crippen molar-refractivity contribution in [3.8, 4) is 5.75 Å². The Bertz CT molecular complexity index is 1260. The van der Waals surface area contributed by atoms with E-state index >= 15 is 0 Å². The molecular weight excluding hydrogens is 438 g/mol. The zero-order valence-corrected chi connectivity index (χ0v) is 19.6. The number of amides is 2. The van der Waals surface area contributed by atoms with Gasteiger partial charge in [0.25, 0.3) is 5.91 Å². The maximum Gasteiger partial charge on any atom is 0.258 e. The normalized spacial score (nSPS) is 10.4. The molecule has 0 saturated carbocycles. The largest absolute Gasteiger partial charge is 0.497 e. The fraction of sp³-hybridized carbons (Fsp3) is 0.138. The third kappa shape index (κ3) is 6.54. The number of nitrogens with zero attached hydrogens (tertiary/aromatic N) is 2. The Morgan fingerprint density at radius 3 is 2.29 bits per heavy atom. The average molecular weight is 466 g/mol. The van der Waals surface area contributed by atoms with E-state index in [9.17, 15) is 9.59 Å². The molecule has 0 radical (unpaired) electrons. The Labute approximate surface area is 205 Å². The molecule has 1 N–H and O–H groups in total. The highest BCUT2D eigenvalue weighted by atomic mass is 16.5. The van der Waals surface area contributed by atoms with Crippen LogP contribution in [0.2, 0.25) is 0 Å². The predicted octanol–water partition coefficient (Wildman–Crippen LogP) is 4.80. The van der Waals surface area contributed by atoms with Crippen molar-refractivity contribution in [2.24, 2.45) is 0 Å². The van der Waals surface area contributed by atoms with E-state index in [0.29, 0.717) is 24.4 Å². The van der Waals surface area contributed by atoms with Gasteiger partial charge in [0.2, 0.25) is 5.91 Å². The van der Waals surface area contributed by atoms with Gasteiger partial charge in [-0.15, -0.1) is 0 Å². The summed E-state index contributed by atoms with van der Waals surface area (Å²) >= 11 is 0. The molecular formula is C29H27N3O3. The van der Waals surface area contributed by atoms with Crippen molar-refractivity contribution in [2.75, 3.05) is 12.0 Å². The molecule has 6 heteroatoms. The van der Waals surface area contributed by atoms with Crippen molar-refractivity contribution < 1.29 is 14.3 Å². The minimum Gasteiger partial charge on any atom is -0.497 e. The summed E-state index contributed by atoms with van der Waals surface area (Å²) in [6.07, 6.45) is 3.66. The molecule has 4 aromatic rings. The summed E-state index contributed by atoms with van der Waals surface area (Å²) in [7, 11) is 1.58. The maximum absolute atomic E-state index is 13.5. The van der Waals surface area contributed by atoms with Gasteiger partial charge in [-0.3, -0.25) is 14.6 Å². The minimum absolute atomic E-state index is 0.0665. The van der Waals surface area contributed by atoms with Crippen LogP contribution in [0.4, 0.5) is 5.69 Å². The van der Waals surface area contributed by atoms with Gasteiger partial charge in [0.15, 0.2) is 0 Å². The Balaban J connectivity index is 1.49. The topological polar surface area (TPSA) is 71.5 Å². The van der Waals surface area contributed by atoms with Crippen LogP contribution in [-0.4, -0.2) is 23.9 Å². The number of anilines is 1. The van der Waals surface area contributed by atoms with E-state index in [4.69, 9.17) is 4.74 Å². The number of ether oxygens (including phenoxy) is 1. The van der Waals surface area contributed by atoms with Gasteiger partial charge in [0, 0.05) is 30.2 Å². The van der Waals surface area contributed by atoms with Gasteiger partial charge in [-0.2, -0.15) is 0 Å². The zero-order chi connectivity index (χ0) is 24.5. The standard InChI is InChI=1S/C29H27N3O3/c1-35-27-9-5-8-25(19-27)29(34)32(21-24-6-3-2-4-7-24)26-12-10-22(11-13-26)18-28(33)31-20-23-14-16-30-17-15-23/h2-17,19H,18,20-21H2,1H3,(H,31,33). The van der Waals surface area contributed by atoms with Crippen LogP contribution in [0, 0.1) is 0 Å². The molecule has 0 saturated heterocycles. The van der Waals surface area contributed by atoms with E-state index in [0.717, 1.165) is 22.4 Å². The number of nitrogens with one attached hydrogen (secondary N) is 1. The van der Waals surface area contributed by atoms with Crippen LogP contribution < -0.4 is 15.0 Å². The van der Waals surface area contributed by atoms with Crippen LogP contribution in [-0.2, 0) is 24.3 Å². The number of aromatic nitrogens is 1. The summed E-state index contributed by atoms with van der Waals surface area (Å²) in [5, 5.41) is 2.92. The third-order valence-corrected chi connectivity index (χ3v) is 5.60. The van der Waals surface area contributed by atoms with Gasteiger partial charge in [-0.1, -0.05) is 48.5 Å². The van der Waals surface area contributed by atoms with E-state index in [1.165, 1.54) is 0 Å². The van der Waals surface area contributed by atoms with Gasteiger partial charge in [-0.05, 0) is 59.2 Å². The molecule has 176 valence electrons. The van der Waals surface area contributed by atoms with E-state index in [2.05, 4.69) is 10.3 Å². The molecule has 0 atom stereocenters. The number of carbonyl (C=O) groups excluding carboxylic acids is 2. The molecule has 0 fully saturated rings. The van der Waals surface area contributed by atoms with Gasteiger partial charge in [0.1, 0.15) is 5.75 Å². The highest BCUT2D eigenvalue weighted by Gasteiger charge is 2.19. The van der Waals surface area contributed by atoms with Gasteiger partial charge in [0.05, 0.1) is 20.1 Å². The number of benzene rings is 3. The number of methoxy groups -OCH3 is 1. The molecule has 35 heavy (non-hydrogen) atoms. The van der Waals surface area contributed by atoms with Crippen LogP contribution in [0.5, 0.6) is 5.75 Å². The highest BCUT2D eigenvalue weighted by molar-refractivity contribution is 6.06. The van der Waals surface area contributed by atoms with E-state index < -0.39 is 0 Å². The first-order valence-corrected chi connectivity index (χ1v) is 11.4. The van der Waals surface area contributed by atoms with Crippen LogP contribution in [0.1, 0.15) is 27.0 Å². The lowest BCUT2D eigenvalue weighted by Crippen LogP contribution is -2.30. The first-order chi connectivity index (χ1) is 17.1. The molecule has 0 aliphatic rings. The van der Waals surface area contributed by atoms with Crippen LogP contribution in [0.3, 0.4) is 0 Å². The Morgan fingerprint density at radius 1 is 0.829 bits per heavy atom. The maximum atomic E-state index is 13.5. The summed E-state index contributed by atoms with van der Waals surface area (Å²) in [6, 6.07) is 28.3. The molecule has 1 heterocycles. The second-order valence-electron chi connectivity index (χ2n) is 8.08. The Morgan fingerprint density at radius 2 is 1.57 bits per heavy atom. The summed E-state index contributed by atoms with van der Waals surface area (Å²) in [6.45, 7) is 0.877. The molecule has 0 bridgehead atoms. The smallest absolute Gasteiger partial charge is 0.258 e. The second kappa shape index (κ2) is 11.6. The van der Waals surface area contributed by atoms with Crippen molar-refractivity contribution in [1.29, 1.82) is 0 Å². The van der Waals surface area contributed by atoms with Gasteiger partial charge >= 0.3 is 0 Å². The molecule has 0 spiro atoms. The third-order valence-electron chi connectivity index (χ3n) is 5.60. The van der Waals surface area contributed by atoms with Gasteiger partial charge < -0.3 is 15.0 Å². The molecule has 6 nitrogen and oxygen atoms in total. The van der Waals surface area contributed by atoms with E-state index in [-0.39, 0.29) is 18.2 Å². The SMILES string of the molecule is COc1cccc(C(=O)N(Cc2ccccc2)c2ccc(CC(=O)NCc3ccncc3)cc2)c1. The molecule has 1 aromatic heterocycles. The lowest BCUT2D eigenvalue weighted by Gasteiger charge is -2.24. The van der Waals surface area contributed by atoms with Crippen molar-refractivity contribution in [3.63, 3.8) is 0 Å². The molecule has 2 amide bonds. The van der Waals surface area contributed by atoms with Crippen molar-refractivity contribution in [1.82, 2.24) is 10.3 Å². The first kappa shape index (κ1) is 23.7. The summed E-state index contributed by atoms with van der Waals surface area (Å²) < 4.78 is 5.30. The van der Waals surface area contributed by atoms with Crippen LogP contribution in [0.15, 0.2) is 103 Å². The average Bonchev–Trinajstić information content (AvgIpc) is 2.92. The number of rotatable bonds is 9. The highest BCUT2D eigenvalue weighted by Crippen LogP contribution is 2.23. The molecule has 0 unspecified atom stereocenters.